The Morgan fingerprint density at radius 2 is 2.05 bits per heavy atom. The van der Waals surface area contributed by atoms with Crippen LogP contribution < -0.4 is 5.32 Å². The molecule has 1 aromatic rings. The van der Waals surface area contributed by atoms with E-state index in [0.29, 0.717) is 12.0 Å². The molecule has 3 rings (SSSR count). The largest absolute Gasteiger partial charge is 0.316 e. The predicted molar refractivity (Wildman–Crippen MR) is 83.3 cm³/mol. The van der Waals surface area contributed by atoms with Crippen LogP contribution >= 0.6 is 11.8 Å². The highest BCUT2D eigenvalue weighted by atomic mass is 32.2. The average Bonchev–Trinajstić information content (AvgIpc) is 3.32. The molecule has 2 fully saturated rings. The molecule has 0 bridgehead atoms. The number of hydrogen-bond donors (Lipinski definition) is 1. The van der Waals surface area contributed by atoms with Crippen molar-refractivity contribution in [3.8, 4) is 0 Å². The summed E-state index contributed by atoms with van der Waals surface area (Å²) in [5.41, 5.74) is 0. The monoisotopic (exact) mass is 294 g/mol. The molecule has 0 spiro atoms. The molecule has 2 aliphatic rings. The zero-order valence-electron chi connectivity index (χ0n) is 12.6. The van der Waals surface area contributed by atoms with Crippen molar-refractivity contribution >= 4 is 11.8 Å². The molecule has 0 saturated heterocycles. The van der Waals surface area contributed by atoms with Gasteiger partial charge in [-0.1, -0.05) is 25.6 Å². The Bertz CT molecular complexity index is 435. The van der Waals surface area contributed by atoms with Gasteiger partial charge >= 0.3 is 0 Å². The van der Waals surface area contributed by atoms with Crippen molar-refractivity contribution in [2.75, 3.05) is 18.8 Å². The SMILES string of the molecule is CC(C)CNCCCSc1nnc(C2CC2)n1C1CC1. The van der Waals surface area contributed by atoms with Gasteiger partial charge in [-0.05, 0) is 51.1 Å². The highest BCUT2D eigenvalue weighted by Gasteiger charge is 2.36. The summed E-state index contributed by atoms with van der Waals surface area (Å²) >= 11 is 1.89. The molecule has 0 aromatic carbocycles. The molecule has 0 radical (unpaired) electrons. The van der Waals surface area contributed by atoms with Crippen molar-refractivity contribution in [2.45, 2.75) is 63.1 Å². The topological polar surface area (TPSA) is 42.7 Å². The van der Waals surface area contributed by atoms with E-state index in [1.807, 2.05) is 11.8 Å². The third-order valence-electron chi connectivity index (χ3n) is 3.83. The highest BCUT2D eigenvalue weighted by molar-refractivity contribution is 7.99. The summed E-state index contributed by atoms with van der Waals surface area (Å²) in [6.45, 7) is 6.73. The molecule has 4 nitrogen and oxygen atoms in total. The fraction of sp³-hybridized carbons (Fsp3) is 0.867. The van der Waals surface area contributed by atoms with Gasteiger partial charge in [0.2, 0.25) is 0 Å². The van der Waals surface area contributed by atoms with Gasteiger partial charge in [-0.15, -0.1) is 10.2 Å². The lowest BCUT2D eigenvalue weighted by Gasteiger charge is -2.09. The summed E-state index contributed by atoms with van der Waals surface area (Å²) in [6, 6.07) is 0.710. The minimum atomic E-state index is 0.710. The molecule has 112 valence electrons. The fourth-order valence-electron chi connectivity index (χ4n) is 2.43. The second-order valence-electron chi connectivity index (χ2n) is 6.52. The number of hydrogen-bond acceptors (Lipinski definition) is 4. The van der Waals surface area contributed by atoms with E-state index in [9.17, 15) is 0 Å². The van der Waals surface area contributed by atoms with Gasteiger partial charge in [-0.2, -0.15) is 0 Å². The number of aromatic nitrogens is 3. The molecule has 2 aliphatic carbocycles. The average molecular weight is 294 g/mol. The van der Waals surface area contributed by atoms with E-state index >= 15 is 0 Å². The van der Waals surface area contributed by atoms with E-state index in [4.69, 9.17) is 0 Å². The lowest BCUT2D eigenvalue weighted by molar-refractivity contribution is 0.551. The molecule has 2 saturated carbocycles. The Kier molecular flexibility index (Phi) is 4.66. The minimum Gasteiger partial charge on any atom is -0.316 e. The molecule has 0 aliphatic heterocycles. The van der Waals surface area contributed by atoms with Crippen molar-refractivity contribution < 1.29 is 0 Å². The summed E-state index contributed by atoms with van der Waals surface area (Å²) in [5, 5.41) is 13.6. The van der Waals surface area contributed by atoms with E-state index in [-0.39, 0.29) is 0 Å². The summed E-state index contributed by atoms with van der Waals surface area (Å²) in [5.74, 6) is 3.86. The van der Waals surface area contributed by atoms with Gasteiger partial charge in [0.05, 0.1) is 0 Å². The van der Waals surface area contributed by atoms with Crippen LogP contribution in [0.2, 0.25) is 0 Å². The van der Waals surface area contributed by atoms with Crippen molar-refractivity contribution in [3.05, 3.63) is 5.82 Å². The van der Waals surface area contributed by atoms with Crippen LogP contribution in [0.15, 0.2) is 5.16 Å². The Labute approximate surface area is 126 Å². The molecule has 1 heterocycles. The minimum absolute atomic E-state index is 0.710. The predicted octanol–water partition coefficient (Wildman–Crippen LogP) is 3.22. The number of rotatable bonds is 9. The molecule has 0 atom stereocenters. The lowest BCUT2D eigenvalue weighted by atomic mass is 10.2. The molecule has 1 N–H and O–H groups in total. The number of thioether (sulfide) groups is 1. The Balaban J connectivity index is 1.45. The molecule has 0 unspecified atom stereocenters. The Morgan fingerprint density at radius 1 is 1.25 bits per heavy atom. The quantitative estimate of drug-likeness (QED) is 0.561. The normalized spacial score (nSPS) is 18.9. The van der Waals surface area contributed by atoms with E-state index in [1.165, 1.54) is 43.1 Å². The third kappa shape index (κ3) is 3.76. The van der Waals surface area contributed by atoms with E-state index in [2.05, 4.69) is 33.9 Å². The van der Waals surface area contributed by atoms with Crippen LogP contribution in [0.5, 0.6) is 0 Å². The first-order valence-electron chi connectivity index (χ1n) is 8.04. The van der Waals surface area contributed by atoms with Gasteiger partial charge in [0, 0.05) is 17.7 Å². The van der Waals surface area contributed by atoms with Crippen molar-refractivity contribution in [2.24, 2.45) is 5.92 Å². The first kappa shape index (κ1) is 14.4. The molecule has 20 heavy (non-hydrogen) atoms. The van der Waals surface area contributed by atoms with Crippen molar-refractivity contribution in [1.29, 1.82) is 0 Å². The van der Waals surface area contributed by atoms with Crippen LogP contribution in [0.25, 0.3) is 0 Å². The smallest absolute Gasteiger partial charge is 0.191 e. The maximum Gasteiger partial charge on any atom is 0.191 e. The zero-order valence-corrected chi connectivity index (χ0v) is 13.5. The van der Waals surface area contributed by atoms with Crippen LogP contribution in [0.4, 0.5) is 0 Å². The molecular weight excluding hydrogens is 268 g/mol. The maximum atomic E-state index is 4.45. The first-order chi connectivity index (χ1) is 9.75. The molecule has 1 aromatic heterocycles. The Morgan fingerprint density at radius 3 is 2.70 bits per heavy atom. The standard InChI is InChI=1S/C15H26N4S/c1-11(2)10-16-8-3-9-20-15-18-17-14(12-4-5-12)19(15)13-6-7-13/h11-13,16H,3-10H2,1-2H3. The van der Waals surface area contributed by atoms with Crippen LogP contribution in [0.3, 0.4) is 0 Å². The molecule has 0 amide bonds. The molecular formula is C15H26N4S. The van der Waals surface area contributed by atoms with E-state index in [1.54, 1.807) is 0 Å². The zero-order chi connectivity index (χ0) is 13.9. The summed E-state index contributed by atoms with van der Waals surface area (Å²) in [7, 11) is 0. The summed E-state index contributed by atoms with van der Waals surface area (Å²) in [6.07, 6.45) is 6.47. The number of nitrogens with zero attached hydrogens (tertiary/aromatic N) is 3. The van der Waals surface area contributed by atoms with Gasteiger partial charge in [-0.3, -0.25) is 0 Å². The van der Waals surface area contributed by atoms with Crippen LogP contribution in [0, 0.1) is 5.92 Å². The van der Waals surface area contributed by atoms with Gasteiger partial charge in [0.1, 0.15) is 5.82 Å². The van der Waals surface area contributed by atoms with Crippen molar-refractivity contribution in [3.63, 3.8) is 0 Å². The van der Waals surface area contributed by atoms with Gasteiger partial charge < -0.3 is 9.88 Å². The van der Waals surface area contributed by atoms with Gasteiger partial charge in [-0.25, -0.2) is 0 Å². The fourth-order valence-corrected chi connectivity index (χ4v) is 3.39. The second-order valence-corrected chi connectivity index (χ2v) is 7.58. The second kappa shape index (κ2) is 6.48. The summed E-state index contributed by atoms with van der Waals surface area (Å²) < 4.78 is 2.45. The van der Waals surface area contributed by atoms with Crippen LogP contribution in [0.1, 0.15) is 63.7 Å². The maximum absolute atomic E-state index is 4.45. The first-order valence-corrected chi connectivity index (χ1v) is 9.02. The highest BCUT2D eigenvalue weighted by Crippen LogP contribution is 2.45. The van der Waals surface area contributed by atoms with Crippen molar-refractivity contribution in [1.82, 2.24) is 20.1 Å². The third-order valence-corrected chi connectivity index (χ3v) is 4.86. The Hall–Kier alpha value is -0.550. The van der Waals surface area contributed by atoms with Crippen LogP contribution in [-0.4, -0.2) is 33.6 Å². The van der Waals surface area contributed by atoms with Gasteiger partial charge in [0.25, 0.3) is 0 Å². The number of nitrogens with one attached hydrogen (secondary N) is 1. The van der Waals surface area contributed by atoms with Gasteiger partial charge in [0.15, 0.2) is 5.16 Å². The lowest BCUT2D eigenvalue weighted by Crippen LogP contribution is -2.21. The van der Waals surface area contributed by atoms with Crippen LogP contribution in [-0.2, 0) is 0 Å². The van der Waals surface area contributed by atoms with E-state index < -0.39 is 0 Å². The summed E-state index contributed by atoms with van der Waals surface area (Å²) in [4.78, 5) is 0. The van der Waals surface area contributed by atoms with E-state index in [0.717, 1.165) is 24.8 Å². The molecule has 5 heteroatoms.